The third kappa shape index (κ3) is 8.58. The predicted octanol–water partition coefficient (Wildman–Crippen LogP) is 4.59. The Morgan fingerprint density at radius 3 is 2.41 bits per heavy atom. The Bertz CT molecular complexity index is 197. The molecule has 0 aromatic rings. The van der Waals surface area contributed by atoms with Gasteiger partial charge in [-0.1, -0.05) is 39.5 Å². The van der Waals surface area contributed by atoms with Gasteiger partial charge in [0.15, 0.2) is 0 Å². The average Bonchev–Trinajstić information content (AvgIpc) is 2.32. The molecule has 2 atom stereocenters. The summed E-state index contributed by atoms with van der Waals surface area (Å²) < 4.78 is 11.9. The third-order valence-corrected chi connectivity index (χ3v) is 5.25. The van der Waals surface area contributed by atoms with Gasteiger partial charge in [-0.05, 0) is 32.0 Å². The lowest BCUT2D eigenvalue weighted by atomic mass is 10.1. The van der Waals surface area contributed by atoms with Gasteiger partial charge in [0.1, 0.15) is 0 Å². The van der Waals surface area contributed by atoms with Crippen molar-refractivity contribution in [2.45, 2.75) is 71.9 Å². The minimum Gasteiger partial charge on any atom is -0.391 e. The van der Waals surface area contributed by atoms with Gasteiger partial charge in [-0.3, -0.25) is 0 Å². The minimum atomic E-state index is -2.11. The summed E-state index contributed by atoms with van der Waals surface area (Å²) in [5.41, 5.74) is 1.89. The lowest BCUT2D eigenvalue weighted by molar-refractivity contribution is 0.128. The van der Waals surface area contributed by atoms with E-state index in [1.54, 1.807) is 0 Å². The van der Waals surface area contributed by atoms with Crippen LogP contribution in [0.25, 0.3) is 0 Å². The summed E-state index contributed by atoms with van der Waals surface area (Å²) in [6, 6.07) is 0. The Kier molecular flexibility index (Phi) is 9.79. The summed E-state index contributed by atoms with van der Waals surface area (Å²) in [6.45, 7) is 13.2. The van der Waals surface area contributed by atoms with Crippen molar-refractivity contribution in [2.24, 2.45) is 0 Å². The largest absolute Gasteiger partial charge is 0.391 e. The first-order valence-corrected chi connectivity index (χ1v) is 9.42. The number of unbranched alkanes of at least 4 members (excludes halogenated alkanes) is 3. The van der Waals surface area contributed by atoms with E-state index in [-0.39, 0.29) is 0 Å². The van der Waals surface area contributed by atoms with E-state index in [4.69, 9.17) is 8.85 Å². The fraction of sp³-hybridized carbons (Fsp3) is 0.857. The van der Waals surface area contributed by atoms with Crippen LogP contribution in [0.4, 0.5) is 0 Å². The van der Waals surface area contributed by atoms with Crippen molar-refractivity contribution < 1.29 is 8.85 Å². The van der Waals surface area contributed by atoms with Crippen molar-refractivity contribution in [1.82, 2.24) is 0 Å². The molecular weight excluding hydrogens is 228 g/mol. The molecule has 0 N–H and O–H groups in total. The fourth-order valence-corrected chi connectivity index (χ4v) is 3.57. The molecule has 2 unspecified atom stereocenters. The third-order valence-electron chi connectivity index (χ3n) is 2.86. The Labute approximate surface area is 109 Å². The topological polar surface area (TPSA) is 18.5 Å². The Morgan fingerprint density at radius 1 is 1.18 bits per heavy atom. The first kappa shape index (κ1) is 16.9. The summed E-state index contributed by atoms with van der Waals surface area (Å²) in [6.07, 6.45) is 7.63. The van der Waals surface area contributed by atoms with Crippen LogP contribution in [0.2, 0.25) is 6.55 Å². The van der Waals surface area contributed by atoms with Crippen LogP contribution in [0.15, 0.2) is 12.3 Å². The van der Waals surface area contributed by atoms with Gasteiger partial charge in [-0.25, -0.2) is 0 Å². The summed E-state index contributed by atoms with van der Waals surface area (Å²) in [5.74, 6) is 0. The summed E-state index contributed by atoms with van der Waals surface area (Å²) in [5, 5.41) is 0. The van der Waals surface area contributed by atoms with Crippen LogP contribution in [-0.4, -0.2) is 21.3 Å². The van der Waals surface area contributed by atoms with Gasteiger partial charge in [-0.15, -0.1) is 6.58 Å². The van der Waals surface area contributed by atoms with Gasteiger partial charge in [0.05, 0.1) is 0 Å². The number of hydrogen-bond donors (Lipinski definition) is 0. The van der Waals surface area contributed by atoms with Crippen molar-refractivity contribution in [1.29, 1.82) is 0 Å². The zero-order valence-electron chi connectivity index (χ0n) is 12.1. The second-order valence-electron chi connectivity index (χ2n) is 4.85. The number of hydrogen-bond acceptors (Lipinski definition) is 2. The molecule has 0 radical (unpaired) electrons. The molecule has 0 saturated heterocycles. The summed E-state index contributed by atoms with van der Waals surface area (Å²) in [4.78, 5) is 0. The molecule has 0 saturated carbocycles. The molecule has 0 aliphatic carbocycles. The van der Waals surface area contributed by atoms with Crippen LogP contribution in [0.3, 0.4) is 0 Å². The highest BCUT2D eigenvalue weighted by Gasteiger charge is 2.29. The molecule has 0 bridgehead atoms. The summed E-state index contributed by atoms with van der Waals surface area (Å²) >= 11 is 0. The highest BCUT2D eigenvalue weighted by atomic mass is 28.4. The predicted molar refractivity (Wildman–Crippen MR) is 77.4 cm³/mol. The van der Waals surface area contributed by atoms with Crippen molar-refractivity contribution in [3.63, 3.8) is 0 Å². The van der Waals surface area contributed by atoms with Gasteiger partial charge < -0.3 is 8.85 Å². The van der Waals surface area contributed by atoms with Gasteiger partial charge in [-0.2, -0.15) is 0 Å². The van der Waals surface area contributed by atoms with Crippen molar-refractivity contribution in [3.8, 4) is 0 Å². The molecule has 0 amide bonds. The molecule has 0 aliphatic rings. The van der Waals surface area contributed by atoms with Crippen LogP contribution in [0.5, 0.6) is 0 Å². The molecule has 0 fully saturated rings. The maximum atomic E-state index is 6.07. The molecular formula is C14H30O2Si. The normalized spacial score (nSPS) is 16.5. The Hall–Kier alpha value is -0.123. The Balaban J connectivity index is 3.87. The lowest BCUT2D eigenvalue weighted by Gasteiger charge is -2.27. The SMILES string of the molecule is C=C[Si](C)(OCCC)OC(C)CCCCCC. The van der Waals surface area contributed by atoms with E-state index in [9.17, 15) is 0 Å². The van der Waals surface area contributed by atoms with E-state index in [0.717, 1.165) is 19.4 Å². The maximum absolute atomic E-state index is 6.07. The second kappa shape index (κ2) is 9.86. The smallest absolute Gasteiger partial charge is 0.361 e. The van der Waals surface area contributed by atoms with Crippen molar-refractivity contribution in [3.05, 3.63) is 12.3 Å². The first-order valence-electron chi connectivity index (χ1n) is 7.03. The monoisotopic (exact) mass is 258 g/mol. The van der Waals surface area contributed by atoms with E-state index in [2.05, 4.69) is 33.9 Å². The fourth-order valence-electron chi connectivity index (χ4n) is 1.76. The van der Waals surface area contributed by atoms with E-state index >= 15 is 0 Å². The molecule has 3 heteroatoms. The van der Waals surface area contributed by atoms with Gasteiger partial charge in [0, 0.05) is 12.7 Å². The molecule has 17 heavy (non-hydrogen) atoms. The highest BCUT2D eigenvalue weighted by molar-refractivity contribution is 6.71. The molecule has 0 aromatic heterocycles. The van der Waals surface area contributed by atoms with Gasteiger partial charge >= 0.3 is 8.56 Å². The molecule has 0 aromatic carbocycles. The van der Waals surface area contributed by atoms with Crippen molar-refractivity contribution >= 4 is 8.56 Å². The Morgan fingerprint density at radius 2 is 1.88 bits per heavy atom. The zero-order chi connectivity index (χ0) is 13.1. The molecule has 0 aliphatic heterocycles. The molecule has 0 spiro atoms. The summed E-state index contributed by atoms with van der Waals surface area (Å²) in [7, 11) is -2.11. The molecule has 2 nitrogen and oxygen atoms in total. The van der Waals surface area contributed by atoms with E-state index in [1.165, 1.54) is 25.7 Å². The second-order valence-corrected chi connectivity index (χ2v) is 7.81. The molecule has 0 rings (SSSR count). The first-order chi connectivity index (χ1) is 8.08. The van der Waals surface area contributed by atoms with Crippen LogP contribution in [-0.2, 0) is 8.85 Å². The number of rotatable bonds is 11. The van der Waals surface area contributed by atoms with Gasteiger partial charge in [0.2, 0.25) is 0 Å². The standard InChI is InChI=1S/C14H30O2Si/c1-6-9-10-11-12-14(4)16-17(5,8-3)15-13-7-2/h8,14H,3,6-7,9-13H2,1-2,4-5H3. The van der Waals surface area contributed by atoms with Crippen LogP contribution >= 0.6 is 0 Å². The zero-order valence-corrected chi connectivity index (χ0v) is 13.1. The lowest BCUT2D eigenvalue weighted by Crippen LogP contribution is -2.40. The van der Waals surface area contributed by atoms with Crippen LogP contribution in [0, 0.1) is 0 Å². The quantitative estimate of drug-likeness (QED) is 0.399. The minimum absolute atomic E-state index is 0.290. The molecule has 102 valence electrons. The van der Waals surface area contributed by atoms with Gasteiger partial charge in [0.25, 0.3) is 0 Å². The molecule has 0 heterocycles. The maximum Gasteiger partial charge on any atom is 0.361 e. The van der Waals surface area contributed by atoms with Crippen molar-refractivity contribution in [2.75, 3.05) is 6.61 Å². The van der Waals surface area contributed by atoms with E-state index in [1.807, 2.05) is 5.70 Å². The van der Waals surface area contributed by atoms with Crippen LogP contribution in [0.1, 0.15) is 59.3 Å². The van der Waals surface area contributed by atoms with E-state index in [0.29, 0.717) is 6.10 Å². The van der Waals surface area contributed by atoms with E-state index < -0.39 is 8.56 Å². The van der Waals surface area contributed by atoms with Crippen LogP contribution < -0.4 is 0 Å². The average molecular weight is 258 g/mol. The highest BCUT2D eigenvalue weighted by Crippen LogP contribution is 2.16.